The van der Waals surface area contributed by atoms with Gasteiger partial charge in [0, 0.05) is 13.0 Å². The first-order valence-electron chi connectivity index (χ1n) is 8.14. The number of ether oxygens (including phenoxy) is 1. The van der Waals surface area contributed by atoms with E-state index in [1.807, 2.05) is 6.92 Å². The molecule has 0 saturated carbocycles. The van der Waals surface area contributed by atoms with Crippen LogP contribution in [-0.4, -0.2) is 38.7 Å². The molecule has 2 rings (SSSR count). The molecule has 1 amide bonds. The maximum atomic E-state index is 12.1. The van der Waals surface area contributed by atoms with E-state index in [9.17, 15) is 23.1 Å². The first kappa shape index (κ1) is 20.9. The monoisotopic (exact) mass is 404 g/mol. The summed E-state index contributed by atoms with van der Waals surface area (Å²) in [7, 11) is 0. The summed E-state index contributed by atoms with van der Waals surface area (Å²) in [4.78, 5) is 12.1. The summed E-state index contributed by atoms with van der Waals surface area (Å²) in [5.41, 5.74) is 0.344. The molecule has 11 heteroatoms. The molecule has 0 saturated heterocycles. The van der Waals surface area contributed by atoms with E-state index in [1.165, 1.54) is 12.1 Å². The van der Waals surface area contributed by atoms with Gasteiger partial charge < -0.3 is 15.2 Å². The first-order chi connectivity index (χ1) is 12.7. The fourth-order valence-electron chi connectivity index (χ4n) is 2.35. The molecule has 1 atom stereocenters. The third kappa shape index (κ3) is 6.36. The Morgan fingerprint density at radius 2 is 2.07 bits per heavy atom. The van der Waals surface area contributed by atoms with E-state index in [1.54, 1.807) is 4.57 Å². The molecule has 0 bridgehead atoms. The highest BCUT2D eigenvalue weighted by molar-refractivity contribution is 7.71. The number of carbonyl (C=O) groups excluding carboxylic acids is 1. The second kappa shape index (κ2) is 9.00. The van der Waals surface area contributed by atoms with Crippen molar-refractivity contribution in [3.05, 3.63) is 40.4 Å². The Balaban J connectivity index is 1.89. The molecule has 1 aromatic carbocycles. The lowest BCUT2D eigenvalue weighted by Gasteiger charge is -2.14. The molecule has 1 heterocycles. The molecular formula is C16H19F3N4O3S. The Labute approximate surface area is 158 Å². The van der Waals surface area contributed by atoms with Crippen LogP contribution in [0.2, 0.25) is 0 Å². The number of hydrogen-bond donors (Lipinski definition) is 3. The van der Waals surface area contributed by atoms with Gasteiger partial charge in [-0.3, -0.25) is 14.5 Å². The molecule has 0 aliphatic rings. The standard InChI is InChI=1S/C16H19F3N4O3S/c1-2-3-13-21-22-15(27)23(13)9-14(25)20-8-12(24)10-4-6-11(7-5-10)26-16(17,18)19/h4-7,12,24H,2-3,8-9H2,1H3,(H,20,25)(H,22,27). The quantitative estimate of drug-likeness (QED) is 0.589. The van der Waals surface area contributed by atoms with Crippen molar-refractivity contribution in [2.45, 2.75) is 38.8 Å². The number of nitrogens with zero attached hydrogens (tertiary/aromatic N) is 2. The van der Waals surface area contributed by atoms with Gasteiger partial charge in [-0.25, -0.2) is 0 Å². The maximum Gasteiger partial charge on any atom is 0.573 e. The van der Waals surface area contributed by atoms with Crippen molar-refractivity contribution in [2.75, 3.05) is 6.54 Å². The zero-order valence-electron chi connectivity index (χ0n) is 14.4. The number of aromatic amines is 1. The van der Waals surface area contributed by atoms with Crippen LogP contribution in [0.1, 0.15) is 30.8 Å². The number of aliphatic hydroxyl groups excluding tert-OH is 1. The van der Waals surface area contributed by atoms with E-state index in [2.05, 4.69) is 20.3 Å². The summed E-state index contributed by atoms with van der Waals surface area (Å²) in [5.74, 6) is -0.0975. The molecule has 0 radical (unpaired) electrons. The highest BCUT2D eigenvalue weighted by Crippen LogP contribution is 2.24. The minimum absolute atomic E-state index is 0.0459. The highest BCUT2D eigenvalue weighted by atomic mass is 32.1. The Bertz CT molecular complexity index is 818. The lowest BCUT2D eigenvalue weighted by atomic mass is 10.1. The van der Waals surface area contributed by atoms with Crippen molar-refractivity contribution in [2.24, 2.45) is 0 Å². The molecule has 0 aliphatic carbocycles. The number of nitrogens with one attached hydrogen (secondary N) is 2. The van der Waals surface area contributed by atoms with Crippen molar-refractivity contribution in [1.82, 2.24) is 20.1 Å². The SMILES string of the molecule is CCCc1n[nH]c(=S)n1CC(=O)NCC(O)c1ccc(OC(F)(F)F)cc1. The van der Waals surface area contributed by atoms with Gasteiger partial charge in [-0.2, -0.15) is 5.10 Å². The summed E-state index contributed by atoms with van der Waals surface area (Å²) in [6.07, 6.45) is -4.36. The van der Waals surface area contributed by atoms with Gasteiger partial charge in [-0.1, -0.05) is 19.1 Å². The lowest BCUT2D eigenvalue weighted by Crippen LogP contribution is -2.32. The van der Waals surface area contributed by atoms with E-state index >= 15 is 0 Å². The van der Waals surface area contributed by atoms with Gasteiger partial charge in [-0.15, -0.1) is 13.2 Å². The van der Waals surface area contributed by atoms with Crippen molar-refractivity contribution in [1.29, 1.82) is 0 Å². The minimum Gasteiger partial charge on any atom is -0.406 e. The van der Waals surface area contributed by atoms with Crippen LogP contribution in [-0.2, 0) is 17.8 Å². The number of alkyl halides is 3. The van der Waals surface area contributed by atoms with E-state index < -0.39 is 12.5 Å². The van der Waals surface area contributed by atoms with Gasteiger partial charge >= 0.3 is 6.36 Å². The number of aryl methyl sites for hydroxylation is 1. The molecule has 0 spiro atoms. The van der Waals surface area contributed by atoms with Crippen molar-refractivity contribution in [3.8, 4) is 5.75 Å². The molecule has 0 fully saturated rings. The van der Waals surface area contributed by atoms with Crippen LogP contribution in [0.25, 0.3) is 0 Å². The third-order valence-electron chi connectivity index (χ3n) is 3.60. The molecule has 27 heavy (non-hydrogen) atoms. The molecule has 3 N–H and O–H groups in total. The van der Waals surface area contributed by atoms with Crippen LogP contribution >= 0.6 is 12.2 Å². The van der Waals surface area contributed by atoms with Gasteiger partial charge in [0.05, 0.1) is 6.10 Å². The first-order valence-corrected chi connectivity index (χ1v) is 8.55. The Morgan fingerprint density at radius 3 is 2.67 bits per heavy atom. The summed E-state index contributed by atoms with van der Waals surface area (Å²) in [6, 6.07) is 4.78. The average Bonchev–Trinajstić information content (AvgIpc) is 2.92. The third-order valence-corrected chi connectivity index (χ3v) is 3.92. The van der Waals surface area contributed by atoms with E-state index in [0.29, 0.717) is 22.6 Å². The topological polar surface area (TPSA) is 92.2 Å². The molecule has 0 aliphatic heterocycles. The second-order valence-electron chi connectivity index (χ2n) is 5.72. The number of benzene rings is 1. The predicted octanol–water partition coefficient (Wildman–Crippen LogP) is 2.64. The van der Waals surface area contributed by atoms with E-state index in [4.69, 9.17) is 12.2 Å². The van der Waals surface area contributed by atoms with Crippen LogP contribution < -0.4 is 10.1 Å². The van der Waals surface area contributed by atoms with Crippen LogP contribution in [0.15, 0.2) is 24.3 Å². The molecule has 1 unspecified atom stereocenters. The number of rotatable bonds is 8. The molecular weight excluding hydrogens is 385 g/mol. The van der Waals surface area contributed by atoms with Gasteiger partial charge in [0.15, 0.2) is 4.77 Å². The summed E-state index contributed by atoms with van der Waals surface area (Å²) >= 11 is 5.09. The van der Waals surface area contributed by atoms with Gasteiger partial charge in [0.1, 0.15) is 18.1 Å². The normalized spacial score (nSPS) is 12.6. The Hall–Kier alpha value is -2.40. The summed E-state index contributed by atoms with van der Waals surface area (Å²) in [6.45, 7) is 1.83. The number of amides is 1. The van der Waals surface area contributed by atoms with Crippen molar-refractivity contribution >= 4 is 18.1 Å². The predicted molar refractivity (Wildman–Crippen MR) is 92.5 cm³/mol. The van der Waals surface area contributed by atoms with Gasteiger partial charge in [0.2, 0.25) is 5.91 Å². The zero-order valence-corrected chi connectivity index (χ0v) is 15.2. The molecule has 148 valence electrons. The van der Waals surface area contributed by atoms with Gasteiger partial charge in [0.25, 0.3) is 0 Å². The van der Waals surface area contributed by atoms with Crippen LogP contribution in [0.5, 0.6) is 5.75 Å². The van der Waals surface area contributed by atoms with Crippen molar-refractivity contribution < 1.29 is 27.8 Å². The van der Waals surface area contributed by atoms with Crippen LogP contribution in [0, 0.1) is 4.77 Å². The number of hydrogen-bond acceptors (Lipinski definition) is 5. The summed E-state index contributed by atoms with van der Waals surface area (Å²) in [5, 5.41) is 19.3. The van der Waals surface area contributed by atoms with Crippen molar-refractivity contribution in [3.63, 3.8) is 0 Å². The number of halogens is 3. The number of carbonyl (C=O) groups is 1. The summed E-state index contributed by atoms with van der Waals surface area (Å²) < 4.78 is 42.1. The Kier molecular flexibility index (Phi) is 6.97. The highest BCUT2D eigenvalue weighted by Gasteiger charge is 2.31. The molecule has 1 aromatic heterocycles. The van der Waals surface area contributed by atoms with E-state index in [0.717, 1.165) is 18.6 Å². The number of aliphatic hydroxyl groups is 1. The zero-order chi connectivity index (χ0) is 20.0. The fraction of sp³-hybridized carbons (Fsp3) is 0.438. The largest absolute Gasteiger partial charge is 0.573 e. The van der Waals surface area contributed by atoms with Crippen LogP contribution in [0.4, 0.5) is 13.2 Å². The average molecular weight is 404 g/mol. The number of H-pyrrole nitrogens is 1. The minimum atomic E-state index is -4.78. The molecule has 7 nitrogen and oxygen atoms in total. The smallest absolute Gasteiger partial charge is 0.406 e. The van der Waals surface area contributed by atoms with E-state index in [-0.39, 0.29) is 24.7 Å². The lowest BCUT2D eigenvalue weighted by molar-refractivity contribution is -0.274. The maximum absolute atomic E-state index is 12.1. The number of aromatic nitrogens is 3. The second-order valence-corrected chi connectivity index (χ2v) is 6.10. The molecule has 2 aromatic rings. The van der Waals surface area contributed by atoms with Gasteiger partial charge in [-0.05, 0) is 36.3 Å². The Morgan fingerprint density at radius 1 is 1.41 bits per heavy atom. The van der Waals surface area contributed by atoms with Crippen LogP contribution in [0.3, 0.4) is 0 Å². The fourth-order valence-corrected chi connectivity index (χ4v) is 2.56.